The van der Waals surface area contributed by atoms with Gasteiger partial charge < -0.3 is 5.11 Å². The molecular formula is C10H9ClF3NO4S2. The molecule has 21 heavy (non-hydrogen) atoms. The average Bonchev–Trinajstić information content (AvgIpc) is 2.93. The van der Waals surface area contributed by atoms with Gasteiger partial charge in [-0.25, -0.2) is 8.42 Å². The van der Waals surface area contributed by atoms with Gasteiger partial charge in [0.05, 0.1) is 16.9 Å². The molecule has 1 N–H and O–H groups in total. The highest BCUT2D eigenvalue weighted by atomic mass is 35.5. The van der Waals surface area contributed by atoms with Crippen LogP contribution in [0, 0.1) is 11.8 Å². The molecule has 2 heterocycles. The lowest BCUT2D eigenvalue weighted by atomic mass is 9.96. The summed E-state index contributed by atoms with van der Waals surface area (Å²) < 4.78 is 63.3. The van der Waals surface area contributed by atoms with Crippen LogP contribution in [0.3, 0.4) is 0 Å². The number of nitrogens with zero attached hydrogens (tertiary/aromatic N) is 1. The number of hydrogen-bond acceptors (Lipinski definition) is 4. The van der Waals surface area contributed by atoms with E-state index in [4.69, 9.17) is 16.7 Å². The van der Waals surface area contributed by atoms with Crippen molar-refractivity contribution in [1.82, 2.24) is 4.31 Å². The number of sulfonamides is 1. The van der Waals surface area contributed by atoms with Crippen LogP contribution in [0.1, 0.15) is 0 Å². The van der Waals surface area contributed by atoms with Gasteiger partial charge in [-0.15, -0.1) is 11.3 Å². The van der Waals surface area contributed by atoms with Crippen molar-refractivity contribution >= 4 is 38.9 Å². The molecule has 0 saturated carbocycles. The molecule has 0 aliphatic carbocycles. The third kappa shape index (κ3) is 3.03. The van der Waals surface area contributed by atoms with Crippen LogP contribution in [0.15, 0.2) is 15.7 Å². The van der Waals surface area contributed by atoms with Crippen molar-refractivity contribution in [3.05, 3.63) is 16.5 Å². The van der Waals surface area contributed by atoms with Crippen LogP contribution in [0.25, 0.3) is 0 Å². The zero-order valence-corrected chi connectivity index (χ0v) is 12.6. The quantitative estimate of drug-likeness (QED) is 0.894. The molecule has 1 aliphatic rings. The molecular weight excluding hydrogens is 355 g/mol. The Kier molecular flexibility index (Phi) is 4.26. The minimum atomic E-state index is -4.79. The van der Waals surface area contributed by atoms with Gasteiger partial charge in [0.15, 0.2) is 4.21 Å². The Hall–Kier alpha value is -0.840. The van der Waals surface area contributed by atoms with Crippen LogP contribution < -0.4 is 0 Å². The van der Waals surface area contributed by atoms with Crippen molar-refractivity contribution < 1.29 is 31.5 Å². The highest BCUT2D eigenvalue weighted by molar-refractivity contribution is 7.91. The first-order chi connectivity index (χ1) is 9.55. The SMILES string of the molecule is O=C(O)[C@@H]1CN(S(=O)(=O)c2sccc2Cl)C[C@H]1C(F)(F)F. The fourth-order valence-corrected chi connectivity index (χ4v) is 5.43. The Bertz CT molecular complexity index is 658. The first kappa shape index (κ1) is 16.5. The van der Waals surface area contributed by atoms with Gasteiger partial charge in [0.25, 0.3) is 10.0 Å². The predicted octanol–water partition coefficient (Wildman–Crippen LogP) is 2.29. The Morgan fingerprint density at radius 2 is 2.05 bits per heavy atom. The van der Waals surface area contributed by atoms with Crippen molar-refractivity contribution in [1.29, 1.82) is 0 Å². The molecule has 1 aromatic rings. The van der Waals surface area contributed by atoms with E-state index in [9.17, 15) is 26.4 Å². The van der Waals surface area contributed by atoms with E-state index >= 15 is 0 Å². The predicted molar refractivity (Wildman–Crippen MR) is 68.8 cm³/mol. The van der Waals surface area contributed by atoms with Gasteiger partial charge in [-0.3, -0.25) is 4.79 Å². The Balaban J connectivity index is 2.36. The largest absolute Gasteiger partial charge is 0.481 e. The van der Waals surface area contributed by atoms with Crippen LogP contribution >= 0.6 is 22.9 Å². The highest BCUT2D eigenvalue weighted by Gasteiger charge is 2.55. The molecule has 118 valence electrons. The summed E-state index contributed by atoms with van der Waals surface area (Å²) in [4.78, 5) is 10.9. The van der Waals surface area contributed by atoms with Gasteiger partial charge >= 0.3 is 12.1 Å². The van der Waals surface area contributed by atoms with Crippen molar-refractivity contribution in [3.63, 3.8) is 0 Å². The van der Waals surface area contributed by atoms with Crippen LogP contribution in [-0.2, 0) is 14.8 Å². The maximum Gasteiger partial charge on any atom is 0.393 e. The minimum absolute atomic E-state index is 0.0951. The first-order valence-electron chi connectivity index (χ1n) is 5.58. The summed E-state index contributed by atoms with van der Waals surface area (Å²) in [7, 11) is -4.23. The van der Waals surface area contributed by atoms with Gasteiger partial charge in [0.2, 0.25) is 0 Å². The fraction of sp³-hybridized carbons (Fsp3) is 0.500. The normalized spacial score (nSPS) is 24.4. The number of carboxylic acid groups (broad SMARTS) is 1. The summed E-state index contributed by atoms with van der Waals surface area (Å²) in [6, 6.07) is 1.31. The number of alkyl halides is 3. The number of thiophene rings is 1. The fourth-order valence-electron chi connectivity index (χ4n) is 2.13. The average molecular weight is 364 g/mol. The summed E-state index contributed by atoms with van der Waals surface area (Å²) in [5, 5.41) is 10.2. The molecule has 1 saturated heterocycles. The molecule has 1 aliphatic heterocycles. The van der Waals surface area contributed by atoms with E-state index in [0.29, 0.717) is 4.31 Å². The minimum Gasteiger partial charge on any atom is -0.481 e. The van der Waals surface area contributed by atoms with E-state index in [2.05, 4.69) is 0 Å². The van der Waals surface area contributed by atoms with E-state index in [-0.39, 0.29) is 9.23 Å². The molecule has 5 nitrogen and oxygen atoms in total. The van der Waals surface area contributed by atoms with Crippen LogP contribution in [0.2, 0.25) is 5.02 Å². The second-order valence-corrected chi connectivity index (χ2v) is 7.93. The zero-order chi connectivity index (χ0) is 16.0. The number of carbonyl (C=O) groups is 1. The second kappa shape index (κ2) is 5.41. The maximum absolute atomic E-state index is 12.8. The van der Waals surface area contributed by atoms with E-state index in [1.165, 1.54) is 11.4 Å². The molecule has 0 amide bonds. The number of hydrogen-bond donors (Lipinski definition) is 1. The molecule has 1 fully saturated rings. The third-order valence-electron chi connectivity index (χ3n) is 3.18. The molecule has 0 bridgehead atoms. The van der Waals surface area contributed by atoms with E-state index in [0.717, 1.165) is 11.3 Å². The Morgan fingerprint density at radius 3 is 2.43 bits per heavy atom. The van der Waals surface area contributed by atoms with Gasteiger partial charge in [0.1, 0.15) is 0 Å². The van der Waals surface area contributed by atoms with Gasteiger partial charge in [-0.1, -0.05) is 11.6 Å². The number of rotatable bonds is 3. The smallest absolute Gasteiger partial charge is 0.393 e. The zero-order valence-electron chi connectivity index (χ0n) is 10.2. The molecule has 0 aromatic carbocycles. The molecule has 2 rings (SSSR count). The monoisotopic (exact) mass is 363 g/mol. The Labute approximate surface area is 127 Å². The standard InChI is InChI=1S/C10H9ClF3NO4S2/c11-7-1-2-20-9(7)21(18,19)15-3-5(8(16)17)6(4-15)10(12,13)14/h1-2,5-6H,3-4H2,(H,16,17)/t5-,6-/m1/s1. The van der Waals surface area contributed by atoms with Crippen molar-refractivity contribution in [3.8, 4) is 0 Å². The van der Waals surface area contributed by atoms with Gasteiger partial charge in [-0.05, 0) is 11.4 Å². The third-order valence-corrected chi connectivity index (χ3v) is 7.01. The number of aliphatic carboxylic acids is 1. The summed E-state index contributed by atoms with van der Waals surface area (Å²) in [6.45, 7) is -1.65. The lowest BCUT2D eigenvalue weighted by Gasteiger charge is -2.18. The first-order valence-corrected chi connectivity index (χ1v) is 8.27. The number of carboxylic acids is 1. The lowest BCUT2D eigenvalue weighted by molar-refractivity contribution is -0.187. The molecule has 0 radical (unpaired) electrons. The van der Waals surface area contributed by atoms with E-state index < -0.39 is 47.1 Å². The lowest BCUT2D eigenvalue weighted by Crippen LogP contribution is -2.34. The summed E-state index contributed by atoms with van der Waals surface area (Å²) in [5.74, 6) is -5.73. The van der Waals surface area contributed by atoms with Crippen molar-refractivity contribution in [2.24, 2.45) is 11.8 Å². The summed E-state index contributed by atoms with van der Waals surface area (Å²) in [6.07, 6.45) is -4.79. The molecule has 1 aromatic heterocycles. The Morgan fingerprint density at radius 1 is 1.43 bits per heavy atom. The number of halogens is 4. The second-order valence-electron chi connectivity index (χ2n) is 4.47. The molecule has 11 heteroatoms. The van der Waals surface area contributed by atoms with Gasteiger partial charge in [0, 0.05) is 13.1 Å². The highest BCUT2D eigenvalue weighted by Crippen LogP contribution is 2.41. The maximum atomic E-state index is 12.8. The van der Waals surface area contributed by atoms with Crippen LogP contribution in [0.4, 0.5) is 13.2 Å². The van der Waals surface area contributed by atoms with Crippen molar-refractivity contribution in [2.45, 2.75) is 10.4 Å². The van der Waals surface area contributed by atoms with E-state index in [1.54, 1.807) is 0 Å². The molecule has 0 unspecified atom stereocenters. The molecule has 2 atom stereocenters. The molecule has 0 spiro atoms. The van der Waals surface area contributed by atoms with Crippen LogP contribution in [0.5, 0.6) is 0 Å². The summed E-state index contributed by atoms with van der Waals surface area (Å²) >= 11 is 6.47. The summed E-state index contributed by atoms with van der Waals surface area (Å²) in [5.41, 5.74) is 0. The van der Waals surface area contributed by atoms with Crippen LogP contribution in [-0.4, -0.2) is 43.1 Å². The van der Waals surface area contributed by atoms with Crippen molar-refractivity contribution in [2.75, 3.05) is 13.1 Å². The van der Waals surface area contributed by atoms with Gasteiger partial charge in [-0.2, -0.15) is 17.5 Å². The van der Waals surface area contributed by atoms with E-state index in [1.807, 2.05) is 0 Å². The topological polar surface area (TPSA) is 74.7 Å².